The van der Waals surface area contributed by atoms with Crippen molar-refractivity contribution in [3.8, 4) is 11.5 Å². The Kier molecular flexibility index (Phi) is 7.60. The number of alkyl halides is 2. The lowest BCUT2D eigenvalue weighted by Gasteiger charge is -2.36. The summed E-state index contributed by atoms with van der Waals surface area (Å²) in [4.78, 5) is 18.0. The van der Waals surface area contributed by atoms with Gasteiger partial charge in [-0.25, -0.2) is 18.0 Å². The van der Waals surface area contributed by atoms with Crippen LogP contribution in [0.2, 0.25) is 0 Å². The van der Waals surface area contributed by atoms with Gasteiger partial charge < -0.3 is 19.3 Å². The standard InChI is InChI=1S/C25H28F3N3O6/c1-14-10-19(35-12-20-30-23(32)37-31-20)21(26)15(2)17(14)11-16-4-5-18(36-13-34-3)22(29-16)24(33)6-8-25(27,28)9-7-24/h4-5,10,33H,6-9,11-13H2,1-3H3,(H,30,31,32). The molecule has 0 radical (unpaired) electrons. The Morgan fingerprint density at radius 3 is 2.51 bits per heavy atom. The van der Waals surface area contributed by atoms with Gasteiger partial charge in [-0.1, -0.05) is 5.16 Å². The van der Waals surface area contributed by atoms with E-state index in [1.54, 1.807) is 26.0 Å². The fourth-order valence-electron chi connectivity index (χ4n) is 4.41. The van der Waals surface area contributed by atoms with E-state index in [2.05, 4.69) is 19.6 Å². The second-order valence-corrected chi connectivity index (χ2v) is 9.20. The lowest BCUT2D eigenvalue weighted by atomic mass is 9.80. The lowest BCUT2D eigenvalue weighted by molar-refractivity contribution is -0.109. The van der Waals surface area contributed by atoms with E-state index in [-0.39, 0.29) is 55.7 Å². The van der Waals surface area contributed by atoms with Gasteiger partial charge in [0.15, 0.2) is 24.2 Å². The Bertz CT molecular complexity index is 1310. The quantitative estimate of drug-likeness (QED) is 0.403. The maximum atomic E-state index is 15.2. The third-order valence-electron chi connectivity index (χ3n) is 6.53. The summed E-state index contributed by atoms with van der Waals surface area (Å²) in [6.07, 6.45) is -1.06. The number of H-pyrrole nitrogens is 1. The normalized spacial score (nSPS) is 16.5. The van der Waals surface area contributed by atoms with Gasteiger partial charge in [0.1, 0.15) is 23.7 Å². The van der Waals surface area contributed by atoms with Crippen molar-refractivity contribution in [1.29, 1.82) is 0 Å². The Labute approximate surface area is 210 Å². The molecule has 1 aromatic carbocycles. The summed E-state index contributed by atoms with van der Waals surface area (Å²) in [7, 11) is 1.44. The highest BCUT2D eigenvalue weighted by Crippen LogP contribution is 2.45. The predicted molar refractivity (Wildman–Crippen MR) is 124 cm³/mol. The number of nitrogens with zero attached hydrogens (tertiary/aromatic N) is 2. The van der Waals surface area contributed by atoms with Crippen molar-refractivity contribution >= 4 is 0 Å². The predicted octanol–water partition coefficient (Wildman–Crippen LogP) is 4.06. The fourth-order valence-corrected chi connectivity index (χ4v) is 4.41. The lowest BCUT2D eigenvalue weighted by Crippen LogP contribution is -2.37. The van der Waals surface area contributed by atoms with E-state index in [0.717, 1.165) is 5.56 Å². The van der Waals surface area contributed by atoms with Crippen LogP contribution in [0.4, 0.5) is 13.2 Å². The van der Waals surface area contributed by atoms with Gasteiger partial charge in [0, 0.05) is 32.1 Å². The van der Waals surface area contributed by atoms with Crippen molar-refractivity contribution < 1.29 is 37.0 Å². The Morgan fingerprint density at radius 1 is 1.14 bits per heavy atom. The number of hydrogen-bond donors (Lipinski definition) is 2. The first-order valence-electron chi connectivity index (χ1n) is 11.7. The van der Waals surface area contributed by atoms with Gasteiger partial charge >= 0.3 is 5.76 Å². The Hall–Kier alpha value is -3.38. The SMILES string of the molecule is COCOc1ccc(Cc2c(C)cc(OCc3noc(=O)[nH]3)c(F)c2C)nc1C1(O)CCC(F)(F)CC1. The molecule has 0 unspecified atom stereocenters. The molecule has 0 bridgehead atoms. The van der Waals surface area contributed by atoms with E-state index in [1.165, 1.54) is 13.2 Å². The van der Waals surface area contributed by atoms with Gasteiger partial charge in [0.25, 0.3) is 0 Å². The van der Waals surface area contributed by atoms with Crippen LogP contribution >= 0.6 is 0 Å². The van der Waals surface area contributed by atoms with Crippen molar-refractivity contribution in [2.45, 2.75) is 64.1 Å². The number of benzene rings is 1. The first kappa shape index (κ1) is 26.7. The first-order valence-corrected chi connectivity index (χ1v) is 11.7. The monoisotopic (exact) mass is 523 g/mol. The van der Waals surface area contributed by atoms with E-state index in [1.807, 2.05) is 0 Å². The first-order chi connectivity index (χ1) is 17.5. The third kappa shape index (κ3) is 5.96. The zero-order valence-corrected chi connectivity index (χ0v) is 20.7. The molecule has 0 spiro atoms. The van der Waals surface area contributed by atoms with E-state index < -0.39 is 35.9 Å². The number of aromatic nitrogens is 3. The minimum atomic E-state index is -2.84. The number of rotatable bonds is 9. The molecule has 4 rings (SSSR count). The minimum Gasteiger partial charge on any atom is -0.482 e. The summed E-state index contributed by atoms with van der Waals surface area (Å²) in [5, 5.41) is 14.7. The number of aromatic amines is 1. The topological polar surface area (TPSA) is 120 Å². The van der Waals surface area contributed by atoms with Crippen LogP contribution in [-0.2, 0) is 23.4 Å². The third-order valence-corrected chi connectivity index (χ3v) is 6.53. The molecule has 0 atom stereocenters. The fraction of sp³-hybridized carbons (Fsp3) is 0.480. The molecule has 0 aliphatic heterocycles. The van der Waals surface area contributed by atoms with Gasteiger partial charge in [0.05, 0.1) is 0 Å². The van der Waals surface area contributed by atoms with Crippen molar-refractivity contribution in [3.05, 3.63) is 68.5 Å². The largest absolute Gasteiger partial charge is 0.482 e. The van der Waals surface area contributed by atoms with Crippen LogP contribution in [0.5, 0.6) is 11.5 Å². The summed E-state index contributed by atoms with van der Waals surface area (Å²) in [5.41, 5.74) is 0.797. The van der Waals surface area contributed by atoms with Gasteiger partial charge in [-0.15, -0.1) is 0 Å². The highest BCUT2D eigenvalue weighted by molar-refractivity contribution is 5.45. The van der Waals surface area contributed by atoms with Crippen LogP contribution in [0.15, 0.2) is 27.5 Å². The van der Waals surface area contributed by atoms with Crippen molar-refractivity contribution in [2.24, 2.45) is 0 Å². The van der Waals surface area contributed by atoms with Crippen LogP contribution < -0.4 is 15.2 Å². The average molecular weight is 524 g/mol. The van der Waals surface area contributed by atoms with E-state index in [4.69, 9.17) is 14.2 Å². The number of methoxy groups -OCH3 is 1. The molecular formula is C25H28F3N3O6. The molecular weight excluding hydrogens is 495 g/mol. The second-order valence-electron chi connectivity index (χ2n) is 9.20. The molecule has 37 heavy (non-hydrogen) atoms. The highest BCUT2D eigenvalue weighted by Gasteiger charge is 2.45. The van der Waals surface area contributed by atoms with Gasteiger partial charge in [-0.3, -0.25) is 14.5 Å². The summed E-state index contributed by atoms with van der Waals surface area (Å²) in [5.74, 6) is -3.81. The van der Waals surface area contributed by atoms with Crippen molar-refractivity contribution in [3.63, 3.8) is 0 Å². The molecule has 0 amide bonds. The molecule has 200 valence electrons. The number of ether oxygens (including phenoxy) is 3. The van der Waals surface area contributed by atoms with Gasteiger partial charge in [0.2, 0.25) is 5.92 Å². The van der Waals surface area contributed by atoms with Crippen molar-refractivity contribution in [2.75, 3.05) is 13.9 Å². The molecule has 1 aliphatic rings. The number of aryl methyl sites for hydroxylation is 1. The zero-order valence-electron chi connectivity index (χ0n) is 20.7. The zero-order chi connectivity index (χ0) is 26.8. The summed E-state index contributed by atoms with van der Waals surface area (Å²) < 4.78 is 63.1. The van der Waals surface area contributed by atoms with Crippen LogP contribution in [0.3, 0.4) is 0 Å². The van der Waals surface area contributed by atoms with Crippen LogP contribution in [0.25, 0.3) is 0 Å². The van der Waals surface area contributed by atoms with E-state index >= 15 is 4.39 Å². The molecule has 0 saturated heterocycles. The molecule has 2 heterocycles. The molecule has 12 heteroatoms. The maximum absolute atomic E-state index is 15.2. The van der Waals surface area contributed by atoms with E-state index in [9.17, 15) is 18.7 Å². The maximum Gasteiger partial charge on any atom is 0.439 e. The number of hydrogen-bond acceptors (Lipinski definition) is 8. The summed E-state index contributed by atoms with van der Waals surface area (Å²) in [6.45, 7) is 3.11. The molecule has 1 fully saturated rings. The van der Waals surface area contributed by atoms with Crippen LogP contribution in [-0.4, -0.2) is 40.1 Å². The van der Waals surface area contributed by atoms with Gasteiger partial charge in [-0.2, -0.15) is 0 Å². The molecule has 1 aliphatic carbocycles. The second kappa shape index (κ2) is 10.5. The minimum absolute atomic E-state index is 0.0167. The Morgan fingerprint density at radius 2 is 1.86 bits per heavy atom. The molecule has 2 aromatic heterocycles. The smallest absolute Gasteiger partial charge is 0.439 e. The molecule has 1 saturated carbocycles. The Balaban J connectivity index is 1.61. The molecule has 9 nitrogen and oxygen atoms in total. The van der Waals surface area contributed by atoms with Crippen molar-refractivity contribution in [1.82, 2.24) is 15.1 Å². The number of nitrogens with one attached hydrogen (secondary N) is 1. The molecule has 3 aromatic rings. The average Bonchev–Trinajstić information content (AvgIpc) is 3.29. The van der Waals surface area contributed by atoms with Crippen LogP contribution in [0.1, 0.15) is 59.6 Å². The highest BCUT2D eigenvalue weighted by atomic mass is 19.3. The van der Waals surface area contributed by atoms with Crippen LogP contribution in [0, 0.1) is 19.7 Å². The van der Waals surface area contributed by atoms with Gasteiger partial charge in [-0.05, 0) is 61.6 Å². The number of pyridine rings is 1. The van der Waals surface area contributed by atoms with E-state index in [0.29, 0.717) is 16.8 Å². The summed E-state index contributed by atoms with van der Waals surface area (Å²) >= 11 is 0. The number of halogens is 3. The summed E-state index contributed by atoms with van der Waals surface area (Å²) in [6, 6.07) is 4.82. The number of aliphatic hydroxyl groups is 1. The molecule has 2 N–H and O–H groups in total.